The Kier molecular flexibility index (Phi) is 5.57. The summed E-state index contributed by atoms with van der Waals surface area (Å²) in [7, 11) is 0. The topological polar surface area (TPSA) is 72.4 Å². The summed E-state index contributed by atoms with van der Waals surface area (Å²) in [6, 6.07) is 8.17. The van der Waals surface area contributed by atoms with E-state index in [1.807, 2.05) is 0 Å². The van der Waals surface area contributed by atoms with E-state index >= 15 is 0 Å². The molecule has 1 amide bonds. The maximum Gasteiger partial charge on any atom is 0.329 e. The van der Waals surface area contributed by atoms with Gasteiger partial charge < -0.3 is 9.64 Å². The Balaban J connectivity index is 1.55. The van der Waals surface area contributed by atoms with Crippen molar-refractivity contribution in [2.45, 2.75) is 50.8 Å². The van der Waals surface area contributed by atoms with Crippen LogP contribution in [0.5, 0.6) is 0 Å². The Morgan fingerprint density at radius 2 is 2.04 bits per heavy atom. The van der Waals surface area contributed by atoms with Gasteiger partial charge in [0.05, 0.1) is 6.20 Å². The lowest BCUT2D eigenvalue weighted by Gasteiger charge is -2.33. The van der Waals surface area contributed by atoms with E-state index in [1.54, 1.807) is 47.6 Å². The number of hydrogen-bond donors (Lipinski definition) is 0. The van der Waals surface area contributed by atoms with Gasteiger partial charge >= 0.3 is 5.97 Å². The third kappa shape index (κ3) is 3.87. The number of amides is 1. The molecule has 7 heteroatoms. The van der Waals surface area contributed by atoms with Gasteiger partial charge in [-0.05, 0) is 49.4 Å². The molecule has 28 heavy (non-hydrogen) atoms. The number of carbonyl (C=O) groups excluding carboxylic acids is 2. The molecule has 1 saturated carbocycles. The van der Waals surface area contributed by atoms with Crippen LogP contribution in [0.4, 0.5) is 0 Å². The van der Waals surface area contributed by atoms with Crippen LogP contribution in [0.3, 0.4) is 0 Å². The van der Waals surface area contributed by atoms with Crippen LogP contribution in [-0.4, -0.2) is 39.1 Å². The zero-order valence-electron chi connectivity index (χ0n) is 15.5. The first kappa shape index (κ1) is 18.9. The molecule has 1 aromatic carbocycles. The van der Waals surface area contributed by atoms with E-state index in [1.165, 1.54) is 0 Å². The lowest BCUT2D eigenvalue weighted by molar-refractivity contribution is -0.149. The van der Waals surface area contributed by atoms with Crippen molar-refractivity contribution in [3.05, 3.63) is 58.9 Å². The van der Waals surface area contributed by atoms with Gasteiger partial charge in [-0.1, -0.05) is 30.5 Å². The molecule has 4 rings (SSSR count). The van der Waals surface area contributed by atoms with Crippen molar-refractivity contribution >= 4 is 23.5 Å². The molecule has 6 nitrogen and oxygen atoms in total. The fraction of sp³-hybridized carbons (Fsp3) is 0.429. The van der Waals surface area contributed by atoms with E-state index in [2.05, 4.69) is 10.2 Å². The molecule has 0 radical (unpaired) electrons. The number of fused-ring (bicyclic) bond motifs is 1. The second-order valence-electron chi connectivity index (χ2n) is 7.44. The summed E-state index contributed by atoms with van der Waals surface area (Å²) >= 11 is 6.08. The number of nitrogens with zero attached hydrogens (tertiary/aromatic N) is 3. The lowest BCUT2D eigenvalue weighted by Crippen LogP contribution is -2.46. The number of halogens is 1. The second-order valence-corrected chi connectivity index (χ2v) is 7.88. The molecule has 3 atom stereocenters. The Hall–Kier alpha value is -2.47. The summed E-state index contributed by atoms with van der Waals surface area (Å²) in [6.45, 7) is 0.124. The minimum atomic E-state index is -0.561. The summed E-state index contributed by atoms with van der Waals surface area (Å²) in [4.78, 5) is 27.9. The largest absolute Gasteiger partial charge is 0.459 e. The molecule has 0 N–H and O–H groups in total. The molecule has 2 aliphatic rings. The predicted molar refractivity (Wildman–Crippen MR) is 104 cm³/mol. The summed E-state index contributed by atoms with van der Waals surface area (Å²) in [5.41, 5.74) is 1.28. The predicted octanol–water partition coefficient (Wildman–Crippen LogP) is 3.65. The first-order valence-corrected chi connectivity index (χ1v) is 10.0. The van der Waals surface area contributed by atoms with Crippen molar-refractivity contribution in [1.29, 1.82) is 0 Å². The van der Waals surface area contributed by atoms with Crippen LogP contribution in [-0.2, 0) is 16.1 Å². The molecular formula is C21H22ClN3O3. The number of carbonyl (C=O) groups is 2. The molecule has 1 aliphatic carbocycles. The molecule has 0 bridgehead atoms. The normalized spacial score (nSPS) is 23.9. The van der Waals surface area contributed by atoms with Crippen LogP contribution in [0.15, 0.2) is 42.7 Å². The number of ether oxygens (including phenoxy) is 1. The van der Waals surface area contributed by atoms with Gasteiger partial charge in [0.1, 0.15) is 12.6 Å². The zero-order valence-corrected chi connectivity index (χ0v) is 16.2. The SMILES string of the molecule is O=C(OCc1ccnnc1)[C@@H]1C[C@@H]2CCCC[C@@H]2N1C(=O)c1cccc(Cl)c1. The van der Waals surface area contributed by atoms with E-state index in [0.29, 0.717) is 22.9 Å². The molecular weight excluding hydrogens is 378 g/mol. The van der Waals surface area contributed by atoms with Gasteiger partial charge in [0, 0.05) is 28.4 Å². The fourth-order valence-electron chi connectivity index (χ4n) is 4.39. The number of aromatic nitrogens is 2. The van der Waals surface area contributed by atoms with Crippen molar-refractivity contribution in [2.75, 3.05) is 0 Å². The number of esters is 1. The molecule has 2 heterocycles. The van der Waals surface area contributed by atoms with Gasteiger partial charge in [-0.3, -0.25) is 4.79 Å². The van der Waals surface area contributed by atoms with Crippen LogP contribution in [0, 0.1) is 5.92 Å². The Morgan fingerprint density at radius 1 is 1.18 bits per heavy atom. The molecule has 2 aromatic rings. The minimum Gasteiger partial charge on any atom is -0.459 e. The Bertz CT molecular complexity index is 861. The highest BCUT2D eigenvalue weighted by molar-refractivity contribution is 6.31. The summed E-state index contributed by atoms with van der Waals surface area (Å²) < 4.78 is 5.53. The number of hydrogen-bond acceptors (Lipinski definition) is 5. The Morgan fingerprint density at radius 3 is 2.82 bits per heavy atom. The first-order chi connectivity index (χ1) is 13.6. The van der Waals surface area contributed by atoms with E-state index in [-0.39, 0.29) is 24.5 Å². The molecule has 1 saturated heterocycles. The summed E-state index contributed by atoms with van der Waals surface area (Å²) in [6.07, 6.45) is 7.97. The maximum atomic E-state index is 13.3. The van der Waals surface area contributed by atoms with Crippen molar-refractivity contribution < 1.29 is 14.3 Å². The standard InChI is InChI=1S/C21H22ClN3O3/c22-17-6-3-5-16(10-17)20(26)25-18-7-2-1-4-15(18)11-19(25)21(27)28-13-14-8-9-23-24-12-14/h3,5-6,8-10,12,15,18-19H,1-2,4,7,11,13H2/t15-,18-,19-/m0/s1. The molecule has 0 unspecified atom stereocenters. The average Bonchev–Trinajstić information content (AvgIpc) is 3.12. The quantitative estimate of drug-likeness (QED) is 0.734. The van der Waals surface area contributed by atoms with Gasteiger partial charge in [-0.15, -0.1) is 0 Å². The number of likely N-dealkylation sites (tertiary alicyclic amines) is 1. The van der Waals surface area contributed by atoms with Crippen molar-refractivity contribution in [1.82, 2.24) is 15.1 Å². The van der Waals surface area contributed by atoms with Crippen LogP contribution in [0.2, 0.25) is 5.02 Å². The molecule has 0 spiro atoms. The molecule has 1 aliphatic heterocycles. The number of benzene rings is 1. The highest BCUT2D eigenvalue weighted by atomic mass is 35.5. The second kappa shape index (κ2) is 8.27. The van der Waals surface area contributed by atoms with Crippen molar-refractivity contribution in [3.8, 4) is 0 Å². The molecule has 146 valence electrons. The van der Waals surface area contributed by atoms with E-state index in [4.69, 9.17) is 16.3 Å². The smallest absolute Gasteiger partial charge is 0.329 e. The number of rotatable bonds is 4. The van der Waals surface area contributed by atoms with Gasteiger partial charge in [0.2, 0.25) is 0 Å². The molecule has 2 fully saturated rings. The summed E-state index contributed by atoms with van der Waals surface area (Å²) in [5.74, 6) is -0.164. The van der Waals surface area contributed by atoms with E-state index in [9.17, 15) is 9.59 Å². The molecule has 1 aromatic heterocycles. The summed E-state index contributed by atoms with van der Waals surface area (Å²) in [5, 5.41) is 8.02. The highest BCUT2D eigenvalue weighted by Crippen LogP contribution is 2.41. The van der Waals surface area contributed by atoms with E-state index < -0.39 is 6.04 Å². The average molecular weight is 400 g/mol. The first-order valence-electron chi connectivity index (χ1n) is 9.64. The van der Waals surface area contributed by atoms with Gasteiger partial charge in [0.25, 0.3) is 5.91 Å². The highest BCUT2D eigenvalue weighted by Gasteiger charge is 2.48. The van der Waals surface area contributed by atoms with Crippen molar-refractivity contribution in [3.63, 3.8) is 0 Å². The van der Waals surface area contributed by atoms with Crippen LogP contribution in [0.1, 0.15) is 48.0 Å². The van der Waals surface area contributed by atoms with Crippen molar-refractivity contribution in [2.24, 2.45) is 5.92 Å². The van der Waals surface area contributed by atoms with Crippen LogP contribution in [0.25, 0.3) is 0 Å². The fourth-order valence-corrected chi connectivity index (χ4v) is 4.58. The van der Waals surface area contributed by atoms with Gasteiger partial charge in [-0.25, -0.2) is 4.79 Å². The zero-order chi connectivity index (χ0) is 19.5. The van der Waals surface area contributed by atoms with Gasteiger partial charge in [0.15, 0.2) is 0 Å². The van der Waals surface area contributed by atoms with Crippen LogP contribution < -0.4 is 0 Å². The maximum absolute atomic E-state index is 13.3. The lowest BCUT2D eigenvalue weighted by atomic mass is 9.84. The third-order valence-electron chi connectivity index (χ3n) is 5.69. The third-order valence-corrected chi connectivity index (χ3v) is 5.93. The monoisotopic (exact) mass is 399 g/mol. The Labute approximate surface area is 168 Å². The minimum absolute atomic E-state index is 0.0837. The van der Waals surface area contributed by atoms with Crippen LogP contribution >= 0.6 is 11.6 Å². The van der Waals surface area contributed by atoms with E-state index in [0.717, 1.165) is 31.2 Å². The van der Waals surface area contributed by atoms with Gasteiger partial charge in [-0.2, -0.15) is 10.2 Å².